The maximum atomic E-state index is 6.06. The highest BCUT2D eigenvalue weighted by atomic mass is 79.9. The maximum absolute atomic E-state index is 6.06. The predicted molar refractivity (Wildman–Crippen MR) is 66.1 cm³/mol. The van der Waals surface area contributed by atoms with Gasteiger partial charge >= 0.3 is 0 Å². The van der Waals surface area contributed by atoms with Crippen molar-refractivity contribution in [3.05, 3.63) is 33.3 Å². The molecule has 78 valence electrons. The summed E-state index contributed by atoms with van der Waals surface area (Å²) in [6.45, 7) is 0. The molecule has 0 aromatic heterocycles. The summed E-state index contributed by atoms with van der Waals surface area (Å²) >= 11 is 9.48. The number of nitrogens with two attached hydrogens (primary N) is 1. The van der Waals surface area contributed by atoms with Gasteiger partial charge < -0.3 is 5.73 Å². The van der Waals surface area contributed by atoms with Gasteiger partial charge in [0.05, 0.1) is 0 Å². The number of benzene rings is 1. The van der Waals surface area contributed by atoms with Crippen LogP contribution in [0.1, 0.15) is 24.4 Å². The molecular formula is C10H12BrCl2N. The van der Waals surface area contributed by atoms with Gasteiger partial charge in [0.15, 0.2) is 0 Å². The third kappa shape index (κ3) is 2.63. The smallest absolute Gasteiger partial charge is 0.0454 e. The molecule has 1 aromatic rings. The predicted octanol–water partition coefficient (Wildman–Crippen LogP) is 3.93. The van der Waals surface area contributed by atoms with Gasteiger partial charge in [-0.25, -0.2) is 0 Å². The molecule has 14 heavy (non-hydrogen) atoms. The first-order chi connectivity index (χ1) is 6.18. The molecule has 0 spiro atoms. The van der Waals surface area contributed by atoms with Gasteiger partial charge in [0, 0.05) is 15.5 Å². The molecule has 0 heterocycles. The lowest BCUT2D eigenvalue weighted by Crippen LogP contribution is -2.12. The van der Waals surface area contributed by atoms with Crippen molar-refractivity contribution in [1.29, 1.82) is 0 Å². The second-order valence-corrected chi connectivity index (χ2v) is 4.85. The Kier molecular flexibility index (Phi) is 4.26. The Bertz CT molecular complexity index is 326. The van der Waals surface area contributed by atoms with Gasteiger partial charge in [-0.1, -0.05) is 27.5 Å². The van der Waals surface area contributed by atoms with Crippen molar-refractivity contribution in [2.75, 3.05) is 0 Å². The quantitative estimate of drug-likeness (QED) is 0.879. The highest BCUT2D eigenvalue weighted by Gasteiger charge is 2.30. The van der Waals surface area contributed by atoms with Gasteiger partial charge in [-0.3, -0.25) is 0 Å². The summed E-state index contributed by atoms with van der Waals surface area (Å²) in [7, 11) is 0. The Labute approximate surface area is 104 Å². The lowest BCUT2D eigenvalue weighted by molar-refractivity contribution is 0.633. The molecule has 0 unspecified atom stereocenters. The van der Waals surface area contributed by atoms with Crippen LogP contribution >= 0.6 is 39.9 Å². The Morgan fingerprint density at radius 1 is 1.43 bits per heavy atom. The number of hydrogen-bond donors (Lipinski definition) is 1. The zero-order valence-electron chi connectivity index (χ0n) is 7.54. The molecule has 2 rings (SSSR count). The molecule has 4 heteroatoms. The van der Waals surface area contributed by atoms with E-state index in [4.69, 9.17) is 17.3 Å². The highest BCUT2D eigenvalue weighted by Crippen LogP contribution is 2.41. The molecule has 1 saturated carbocycles. The summed E-state index contributed by atoms with van der Waals surface area (Å²) in [4.78, 5) is 0. The molecule has 1 atom stereocenters. The largest absolute Gasteiger partial charge is 0.324 e. The monoisotopic (exact) mass is 295 g/mol. The standard InChI is InChI=1S/C10H11BrClN.ClH/c11-7-3-4-9(12)8(5-7)10(13)6-1-2-6;/h3-6,10H,1-2,13H2;1H/t10-;/m1./s1. The fourth-order valence-electron chi connectivity index (χ4n) is 1.48. The molecule has 0 saturated heterocycles. The molecule has 1 fully saturated rings. The van der Waals surface area contributed by atoms with Crippen LogP contribution in [-0.4, -0.2) is 0 Å². The van der Waals surface area contributed by atoms with Crippen molar-refractivity contribution in [2.45, 2.75) is 18.9 Å². The number of rotatable bonds is 2. The third-order valence-electron chi connectivity index (χ3n) is 2.45. The minimum absolute atomic E-state index is 0. The lowest BCUT2D eigenvalue weighted by atomic mass is 10.0. The average molecular weight is 297 g/mol. The average Bonchev–Trinajstić information content (AvgIpc) is 2.91. The summed E-state index contributed by atoms with van der Waals surface area (Å²) in [5.74, 6) is 0.645. The third-order valence-corrected chi connectivity index (χ3v) is 3.28. The molecule has 0 aliphatic heterocycles. The maximum Gasteiger partial charge on any atom is 0.0454 e. The van der Waals surface area contributed by atoms with Gasteiger partial charge in [0.1, 0.15) is 0 Å². The van der Waals surface area contributed by atoms with Crippen molar-refractivity contribution in [1.82, 2.24) is 0 Å². The summed E-state index contributed by atoms with van der Waals surface area (Å²) in [6.07, 6.45) is 2.48. The molecular weight excluding hydrogens is 285 g/mol. The van der Waals surface area contributed by atoms with E-state index >= 15 is 0 Å². The van der Waals surface area contributed by atoms with Gasteiger partial charge in [-0.2, -0.15) is 0 Å². The van der Waals surface area contributed by atoms with Gasteiger partial charge in [0.2, 0.25) is 0 Å². The highest BCUT2D eigenvalue weighted by molar-refractivity contribution is 9.10. The number of halogens is 3. The second kappa shape index (κ2) is 4.84. The fraction of sp³-hybridized carbons (Fsp3) is 0.400. The summed E-state index contributed by atoms with van der Waals surface area (Å²) in [5, 5.41) is 0.780. The molecule has 1 aliphatic rings. The fourth-order valence-corrected chi connectivity index (χ4v) is 2.10. The Morgan fingerprint density at radius 3 is 2.64 bits per heavy atom. The molecule has 1 aromatic carbocycles. The first-order valence-corrected chi connectivity index (χ1v) is 5.56. The van der Waals surface area contributed by atoms with E-state index in [1.54, 1.807) is 0 Å². The summed E-state index contributed by atoms with van der Waals surface area (Å²) in [5.41, 5.74) is 7.13. The van der Waals surface area contributed by atoms with Crippen molar-refractivity contribution in [3.8, 4) is 0 Å². The van der Waals surface area contributed by atoms with Crippen LogP contribution in [0.15, 0.2) is 22.7 Å². The van der Waals surface area contributed by atoms with Gasteiger partial charge in [0.25, 0.3) is 0 Å². The zero-order valence-corrected chi connectivity index (χ0v) is 10.7. The van der Waals surface area contributed by atoms with Crippen LogP contribution in [0, 0.1) is 5.92 Å². The molecule has 0 bridgehead atoms. The zero-order chi connectivity index (χ0) is 9.42. The van der Waals surface area contributed by atoms with Crippen LogP contribution in [0.2, 0.25) is 5.02 Å². The summed E-state index contributed by atoms with van der Waals surface area (Å²) < 4.78 is 1.04. The first kappa shape index (κ1) is 12.3. The van der Waals surface area contributed by atoms with E-state index in [9.17, 15) is 0 Å². The van der Waals surface area contributed by atoms with Gasteiger partial charge in [-0.15, -0.1) is 12.4 Å². The molecule has 2 N–H and O–H groups in total. The van der Waals surface area contributed by atoms with Crippen LogP contribution in [-0.2, 0) is 0 Å². The van der Waals surface area contributed by atoms with E-state index in [0.717, 1.165) is 15.1 Å². The molecule has 1 aliphatic carbocycles. The molecule has 0 radical (unpaired) electrons. The van der Waals surface area contributed by atoms with Crippen LogP contribution in [0.25, 0.3) is 0 Å². The second-order valence-electron chi connectivity index (χ2n) is 3.53. The van der Waals surface area contributed by atoms with Crippen LogP contribution in [0.3, 0.4) is 0 Å². The molecule has 1 nitrogen and oxygen atoms in total. The first-order valence-electron chi connectivity index (χ1n) is 4.39. The SMILES string of the molecule is Cl.N[C@@H](c1cc(Br)ccc1Cl)C1CC1. The van der Waals surface area contributed by atoms with Crippen molar-refractivity contribution in [3.63, 3.8) is 0 Å². The summed E-state index contributed by atoms with van der Waals surface area (Å²) in [6, 6.07) is 5.96. The molecule has 0 amide bonds. The van der Waals surface area contributed by atoms with Crippen LogP contribution < -0.4 is 5.73 Å². The van der Waals surface area contributed by atoms with Crippen molar-refractivity contribution >= 4 is 39.9 Å². The van der Waals surface area contributed by atoms with Crippen molar-refractivity contribution in [2.24, 2.45) is 11.7 Å². The van der Waals surface area contributed by atoms with Crippen molar-refractivity contribution < 1.29 is 0 Å². The Balaban J connectivity index is 0.000000980. The Morgan fingerprint density at radius 2 is 2.07 bits per heavy atom. The normalized spacial score (nSPS) is 17.4. The lowest BCUT2D eigenvalue weighted by Gasteiger charge is -2.12. The Hall–Kier alpha value is 0.240. The van der Waals surface area contributed by atoms with Gasteiger partial charge in [-0.05, 0) is 42.5 Å². The van der Waals surface area contributed by atoms with E-state index in [1.807, 2.05) is 18.2 Å². The van der Waals surface area contributed by atoms with Crippen LogP contribution in [0.4, 0.5) is 0 Å². The topological polar surface area (TPSA) is 26.0 Å². The van der Waals surface area contributed by atoms with E-state index in [1.165, 1.54) is 12.8 Å². The van der Waals surface area contributed by atoms with E-state index in [-0.39, 0.29) is 18.4 Å². The minimum atomic E-state index is 0. The van der Waals surface area contributed by atoms with E-state index < -0.39 is 0 Å². The number of hydrogen-bond acceptors (Lipinski definition) is 1. The van der Waals surface area contributed by atoms with Crippen LogP contribution in [0.5, 0.6) is 0 Å². The van der Waals surface area contributed by atoms with E-state index in [0.29, 0.717) is 5.92 Å². The minimum Gasteiger partial charge on any atom is -0.324 e. The van der Waals surface area contributed by atoms with E-state index in [2.05, 4.69) is 15.9 Å².